The molecule has 11 heteroatoms. The van der Waals surface area contributed by atoms with E-state index in [9.17, 15) is 4.79 Å². The van der Waals surface area contributed by atoms with E-state index in [0.717, 1.165) is 0 Å². The van der Waals surface area contributed by atoms with E-state index in [0.29, 0.717) is 18.0 Å². The Labute approximate surface area is 154 Å². The van der Waals surface area contributed by atoms with Crippen LogP contribution >= 0.6 is 0 Å². The van der Waals surface area contributed by atoms with Gasteiger partial charge in [-0.3, -0.25) is 0 Å². The summed E-state index contributed by atoms with van der Waals surface area (Å²) in [6.07, 6.45) is 0.542. The highest BCUT2D eigenvalue weighted by molar-refractivity contribution is 6.82. The van der Waals surface area contributed by atoms with E-state index in [-0.39, 0.29) is 6.61 Å². The summed E-state index contributed by atoms with van der Waals surface area (Å²) in [7, 11) is -2.19. The minimum absolute atomic E-state index is 0.238. The molecule has 0 rings (SSSR count). The van der Waals surface area contributed by atoms with Gasteiger partial charge in [-0.25, -0.2) is 4.79 Å². The third-order valence-corrected chi connectivity index (χ3v) is 13.8. The van der Waals surface area contributed by atoms with Crippen molar-refractivity contribution in [2.75, 3.05) is 35.0 Å². The third kappa shape index (κ3) is 8.70. The summed E-state index contributed by atoms with van der Waals surface area (Å²) in [5, 5.41) is 0. The smallest absolute Gasteiger partial charge is 0.462 e. The normalized spacial score (nSPS) is 13.0. The van der Waals surface area contributed by atoms with Crippen molar-refractivity contribution < 1.29 is 35.5 Å². The zero-order valence-electron chi connectivity index (χ0n) is 16.6. The molecule has 0 aromatic heterocycles. The molecule has 0 aromatic carbocycles. The SMILES string of the molecule is C=C(C)C(=O)OCCC[Si](OC)(OC)O[Si](C)(C)O[Si](C)(OC)OC. The van der Waals surface area contributed by atoms with Crippen LogP contribution in [0.3, 0.4) is 0 Å². The molecule has 0 saturated heterocycles. The third-order valence-electron chi connectivity index (χ3n) is 3.40. The number of carbonyl (C=O) groups is 1. The lowest BCUT2D eigenvalue weighted by atomic mass is 10.4. The monoisotopic (exact) mass is 412 g/mol. The summed E-state index contributed by atoms with van der Waals surface area (Å²) < 4.78 is 39.3. The molecule has 8 nitrogen and oxygen atoms in total. The molecular formula is C14H32O8Si3. The quantitative estimate of drug-likeness (QED) is 0.197. The zero-order valence-corrected chi connectivity index (χ0v) is 19.6. The van der Waals surface area contributed by atoms with Gasteiger partial charge in [-0.2, -0.15) is 0 Å². The van der Waals surface area contributed by atoms with Gasteiger partial charge in [0.15, 0.2) is 0 Å². The van der Waals surface area contributed by atoms with Crippen molar-refractivity contribution in [1.29, 1.82) is 0 Å². The van der Waals surface area contributed by atoms with Gasteiger partial charge < -0.3 is 30.7 Å². The number of rotatable bonds is 13. The molecule has 25 heavy (non-hydrogen) atoms. The van der Waals surface area contributed by atoms with Crippen molar-refractivity contribution in [1.82, 2.24) is 0 Å². The highest BCUT2D eigenvalue weighted by atomic mass is 28.5. The molecule has 0 heterocycles. The summed E-state index contributed by atoms with van der Waals surface area (Å²) in [5.74, 6) is -0.414. The van der Waals surface area contributed by atoms with Crippen LogP contribution in [0.1, 0.15) is 13.3 Å². The predicted octanol–water partition coefficient (Wildman–Crippen LogP) is 2.32. The fraction of sp³-hybridized carbons (Fsp3) is 0.786. The molecule has 0 aliphatic carbocycles. The van der Waals surface area contributed by atoms with Gasteiger partial charge in [0.25, 0.3) is 0 Å². The number of ether oxygens (including phenoxy) is 1. The molecule has 0 aliphatic heterocycles. The Kier molecular flexibility index (Phi) is 10.5. The number of hydrogen-bond donors (Lipinski definition) is 0. The summed E-state index contributed by atoms with van der Waals surface area (Å²) in [6, 6.07) is 0.488. The second-order valence-corrected chi connectivity index (χ2v) is 15.6. The lowest BCUT2D eigenvalue weighted by molar-refractivity contribution is -0.139. The van der Waals surface area contributed by atoms with Crippen molar-refractivity contribution in [2.45, 2.75) is 39.0 Å². The summed E-state index contributed by atoms with van der Waals surface area (Å²) in [4.78, 5) is 11.4. The number of carbonyl (C=O) groups excluding carboxylic acids is 1. The van der Waals surface area contributed by atoms with Crippen LogP contribution in [0.25, 0.3) is 0 Å². The first-order chi connectivity index (χ1) is 11.5. The molecule has 148 valence electrons. The molecule has 0 aliphatic rings. The van der Waals surface area contributed by atoms with E-state index >= 15 is 0 Å². The van der Waals surface area contributed by atoms with E-state index in [2.05, 4.69) is 6.58 Å². The topological polar surface area (TPSA) is 81.7 Å². The Morgan fingerprint density at radius 1 is 0.920 bits per heavy atom. The van der Waals surface area contributed by atoms with Crippen LogP contribution in [0.2, 0.25) is 25.7 Å². The first-order valence-electron chi connectivity index (χ1n) is 7.92. The van der Waals surface area contributed by atoms with Gasteiger partial charge in [0, 0.05) is 46.6 Å². The Balaban J connectivity index is 4.84. The maximum Gasteiger partial charge on any atom is 0.491 e. The molecule has 0 atom stereocenters. The van der Waals surface area contributed by atoms with Crippen molar-refractivity contribution in [2.24, 2.45) is 0 Å². The first kappa shape index (κ1) is 24.6. The second-order valence-electron chi connectivity index (χ2n) is 5.99. The molecular weight excluding hydrogens is 380 g/mol. The maximum absolute atomic E-state index is 11.4. The molecule has 0 bridgehead atoms. The van der Waals surface area contributed by atoms with E-state index in [4.69, 9.17) is 30.7 Å². The number of hydrogen-bond acceptors (Lipinski definition) is 8. The van der Waals surface area contributed by atoms with Gasteiger partial charge >= 0.3 is 32.1 Å². The Morgan fingerprint density at radius 2 is 1.44 bits per heavy atom. The van der Waals surface area contributed by atoms with Crippen LogP contribution in [-0.2, 0) is 35.5 Å². The Bertz CT molecular complexity index is 436. The van der Waals surface area contributed by atoms with Gasteiger partial charge in [-0.05, 0) is 26.4 Å². The van der Waals surface area contributed by atoms with Crippen LogP contribution < -0.4 is 0 Å². The van der Waals surface area contributed by atoms with E-state index in [1.54, 1.807) is 41.9 Å². The minimum Gasteiger partial charge on any atom is -0.462 e. The maximum atomic E-state index is 11.4. The van der Waals surface area contributed by atoms with E-state index in [1.807, 2.05) is 13.1 Å². The van der Waals surface area contributed by atoms with Gasteiger partial charge in [0.2, 0.25) is 0 Å². The van der Waals surface area contributed by atoms with Gasteiger partial charge in [-0.1, -0.05) is 6.58 Å². The Hall–Kier alpha value is -0.379. The summed E-state index contributed by atoms with van der Waals surface area (Å²) in [5.41, 5.74) is 0.364. The largest absolute Gasteiger partial charge is 0.491 e. The fourth-order valence-corrected chi connectivity index (χ4v) is 12.2. The molecule has 0 aromatic rings. The average molecular weight is 413 g/mol. The van der Waals surface area contributed by atoms with Gasteiger partial charge in [-0.15, -0.1) is 0 Å². The van der Waals surface area contributed by atoms with Gasteiger partial charge in [0.1, 0.15) is 0 Å². The summed E-state index contributed by atoms with van der Waals surface area (Å²) in [6.45, 7) is 11.0. The number of esters is 1. The Morgan fingerprint density at radius 3 is 1.84 bits per heavy atom. The molecule has 0 amide bonds. The fourth-order valence-electron chi connectivity index (χ4n) is 2.01. The minimum atomic E-state index is -2.97. The van der Waals surface area contributed by atoms with Crippen molar-refractivity contribution in [3.8, 4) is 0 Å². The lowest BCUT2D eigenvalue weighted by Gasteiger charge is -2.37. The molecule has 0 saturated carbocycles. The molecule has 0 radical (unpaired) electrons. The van der Waals surface area contributed by atoms with Crippen LogP contribution in [0.15, 0.2) is 12.2 Å². The highest BCUT2D eigenvalue weighted by Gasteiger charge is 2.49. The molecule has 0 unspecified atom stereocenters. The first-order valence-corrected chi connectivity index (χ1v) is 14.9. The van der Waals surface area contributed by atoms with Crippen molar-refractivity contribution >= 4 is 32.1 Å². The van der Waals surface area contributed by atoms with Crippen LogP contribution in [-0.4, -0.2) is 67.2 Å². The highest BCUT2D eigenvalue weighted by Crippen LogP contribution is 2.25. The molecule has 0 N–H and O–H groups in total. The van der Waals surface area contributed by atoms with E-state index in [1.165, 1.54) is 0 Å². The molecule has 0 fully saturated rings. The van der Waals surface area contributed by atoms with Gasteiger partial charge in [0.05, 0.1) is 6.61 Å². The van der Waals surface area contributed by atoms with Crippen LogP contribution in [0, 0.1) is 0 Å². The van der Waals surface area contributed by atoms with E-state index < -0.39 is 32.1 Å². The summed E-state index contributed by atoms with van der Waals surface area (Å²) >= 11 is 0. The second kappa shape index (κ2) is 10.7. The zero-order chi connectivity index (χ0) is 19.7. The molecule has 0 spiro atoms. The van der Waals surface area contributed by atoms with Crippen LogP contribution in [0.5, 0.6) is 0 Å². The van der Waals surface area contributed by atoms with Crippen molar-refractivity contribution in [3.05, 3.63) is 12.2 Å². The van der Waals surface area contributed by atoms with Crippen LogP contribution in [0.4, 0.5) is 0 Å². The lowest BCUT2D eigenvalue weighted by Crippen LogP contribution is -2.58. The predicted molar refractivity (Wildman–Crippen MR) is 100 cm³/mol. The standard InChI is InChI=1S/C14H32O8Si3/c1-13(2)14(15)20-11-10-12-25(18-5,19-6)22-23(7,8)21-24(9,16-3)17-4/h1,10-12H2,2-9H3. The average Bonchev–Trinajstić information content (AvgIpc) is 2.56. The van der Waals surface area contributed by atoms with Crippen molar-refractivity contribution in [3.63, 3.8) is 0 Å².